The van der Waals surface area contributed by atoms with E-state index in [1.54, 1.807) is 7.05 Å². The van der Waals surface area contributed by atoms with Crippen LogP contribution in [0.2, 0.25) is 0 Å². The summed E-state index contributed by atoms with van der Waals surface area (Å²) in [4.78, 5) is 11.4. The van der Waals surface area contributed by atoms with Gasteiger partial charge in [0.05, 0.1) is 0 Å². The Morgan fingerprint density at radius 1 is 1.50 bits per heavy atom. The Bertz CT molecular complexity index is 627. The van der Waals surface area contributed by atoms with Gasteiger partial charge < -0.3 is 15.6 Å². The molecule has 0 aliphatic carbocycles. The van der Waals surface area contributed by atoms with E-state index in [4.69, 9.17) is 5.73 Å². The normalized spacial score (nSPS) is 19.6. The molecule has 3 N–H and O–H groups in total. The molecule has 1 aliphatic heterocycles. The van der Waals surface area contributed by atoms with Crippen LogP contribution >= 0.6 is 12.4 Å². The van der Waals surface area contributed by atoms with Crippen molar-refractivity contribution >= 4 is 28.3 Å². The van der Waals surface area contributed by atoms with E-state index in [0.29, 0.717) is 19.0 Å². The van der Waals surface area contributed by atoms with Crippen LogP contribution in [0.4, 0.5) is 0 Å². The van der Waals surface area contributed by atoms with Gasteiger partial charge in [-0.2, -0.15) is 4.31 Å². The summed E-state index contributed by atoms with van der Waals surface area (Å²) in [5, 5.41) is 3.09. The van der Waals surface area contributed by atoms with Crippen molar-refractivity contribution in [2.45, 2.75) is 17.7 Å². The lowest BCUT2D eigenvalue weighted by molar-refractivity contribution is 0.0992. The van der Waals surface area contributed by atoms with Crippen molar-refractivity contribution in [1.82, 2.24) is 14.2 Å². The fourth-order valence-corrected chi connectivity index (χ4v) is 4.40. The maximum absolute atomic E-state index is 12.7. The number of hydrogen-bond donors (Lipinski definition) is 2. The van der Waals surface area contributed by atoms with Crippen molar-refractivity contribution < 1.29 is 13.2 Å². The van der Waals surface area contributed by atoms with Gasteiger partial charge in [-0.1, -0.05) is 0 Å². The van der Waals surface area contributed by atoms with Crippen molar-refractivity contribution in [3.05, 3.63) is 18.0 Å². The smallest absolute Gasteiger partial charge is 0.265 e. The number of aryl methyl sites for hydroxylation is 1. The second kappa shape index (κ2) is 7.45. The van der Waals surface area contributed by atoms with Crippen molar-refractivity contribution in [1.29, 1.82) is 0 Å². The summed E-state index contributed by atoms with van der Waals surface area (Å²) in [7, 11) is -0.0964. The molecule has 1 aromatic heterocycles. The standard InChI is InChI=1S/C13H22N4O3S.ClH/c1-15-7-10-4-3-5-17(8-10)21(19,20)11-6-12(13(14)18)16(2)9-11;/h6,9-10,15H,3-5,7-8H2,1-2H3,(H2,14,18);1H. The molecule has 126 valence electrons. The molecular weight excluding hydrogens is 328 g/mol. The predicted molar refractivity (Wildman–Crippen MR) is 86.6 cm³/mol. The molecule has 7 nitrogen and oxygen atoms in total. The maximum Gasteiger partial charge on any atom is 0.265 e. The first-order valence-corrected chi connectivity index (χ1v) is 8.41. The van der Waals surface area contributed by atoms with E-state index >= 15 is 0 Å². The van der Waals surface area contributed by atoms with E-state index in [-0.39, 0.29) is 23.0 Å². The zero-order valence-corrected chi connectivity index (χ0v) is 14.4. The SMILES string of the molecule is CNCC1CCCN(S(=O)(=O)c2cc(C(N)=O)n(C)c2)C1.Cl. The number of sulfonamides is 1. The number of piperidine rings is 1. The maximum atomic E-state index is 12.7. The van der Waals surface area contributed by atoms with Crippen LogP contribution in [0.25, 0.3) is 0 Å². The monoisotopic (exact) mass is 350 g/mol. The van der Waals surface area contributed by atoms with E-state index < -0.39 is 15.9 Å². The lowest BCUT2D eigenvalue weighted by Crippen LogP contribution is -2.42. The van der Waals surface area contributed by atoms with Gasteiger partial charge in [0.25, 0.3) is 5.91 Å². The Kier molecular flexibility index (Phi) is 6.42. The summed E-state index contributed by atoms with van der Waals surface area (Å²) in [6.07, 6.45) is 3.31. The average molecular weight is 351 g/mol. The minimum Gasteiger partial charge on any atom is -0.364 e. The highest BCUT2D eigenvalue weighted by Gasteiger charge is 2.31. The third kappa shape index (κ3) is 3.81. The number of amides is 1. The average Bonchev–Trinajstić information content (AvgIpc) is 2.82. The van der Waals surface area contributed by atoms with Crippen LogP contribution in [0.15, 0.2) is 17.2 Å². The van der Waals surface area contributed by atoms with Gasteiger partial charge in [0, 0.05) is 26.3 Å². The van der Waals surface area contributed by atoms with Crippen LogP contribution in [-0.4, -0.2) is 49.9 Å². The topological polar surface area (TPSA) is 97.4 Å². The fourth-order valence-electron chi connectivity index (χ4n) is 2.77. The number of nitrogens with two attached hydrogens (primary N) is 1. The fraction of sp³-hybridized carbons (Fsp3) is 0.615. The molecule has 0 bridgehead atoms. The minimum absolute atomic E-state index is 0. The minimum atomic E-state index is -3.57. The van der Waals surface area contributed by atoms with E-state index in [1.165, 1.54) is 21.1 Å². The van der Waals surface area contributed by atoms with Gasteiger partial charge in [0.15, 0.2) is 0 Å². The number of rotatable bonds is 5. The van der Waals surface area contributed by atoms with Crippen LogP contribution in [0.1, 0.15) is 23.3 Å². The lowest BCUT2D eigenvalue weighted by atomic mass is 10.00. The van der Waals surface area contributed by atoms with Gasteiger partial charge in [-0.3, -0.25) is 4.79 Å². The van der Waals surface area contributed by atoms with E-state index in [9.17, 15) is 13.2 Å². The molecule has 0 saturated carbocycles. The first-order valence-electron chi connectivity index (χ1n) is 6.97. The number of nitrogens with zero attached hydrogens (tertiary/aromatic N) is 2. The molecule has 0 aromatic carbocycles. The van der Waals surface area contributed by atoms with E-state index in [0.717, 1.165) is 19.4 Å². The quantitative estimate of drug-likeness (QED) is 0.790. The van der Waals surface area contributed by atoms with Gasteiger partial charge in [0.2, 0.25) is 10.0 Å². The summed E-state index contributed by atoms with van der Waals surface area (Å²) in [6.45, 7) is 1.82. The summed E-state index contributed by atoms with van der Waals surface area (Å²) >= 11 is 0. The first-order chi connectivity index (χ1) is 9.86. The lowest BCUT2D eigenvalue weighted by Gasteiger charge is -2.31. The van der Waals surface area contributed by atoms with Gasteiger partial charge in [-0.25, -0.2) is 8.42 Å². The van der Waals surface area contributed by atoms with Crippen molar-refractivity contribution in [2.24, 2.45) is 18.7 Å². The van der Waals surface area contributed by atoms with Crippen LogP contribution in [-0.2, 0) is 17.1 Å². The van der Waals surface area contributed by atoms with Crippen LogP contribution in [0, 0.1) is 5.92 Å². The van der Waals surface area contributed by atoms with Gasteiger partial charge in [0.1, 0.15) is 10.6 Å². The Morgan fingerprint density at radius 3 is 2.73 bits per heavy atom. The molecule has 0 spiro atoms. The Labute approximate surface area is 137 Å². The molecule has 22 heavy (non-hydrogen) atoms. The molecule has 9 heteroatoms. The molecule has 1 fully saturated rings. The molecule has 1 amide bonds. The number of aromatic nitrogens is 1. The first kappa shape index (κ1) is 19.0. The predicted octanol–water partition coefficient (Wildman–Crippen LogP) is 0.166. The van der Waals surface area contributed by atoms with Crippen LogP contribution in [0.5, 0.6) is 0 Å². The largest absolute Gasteiger partial charge is 0.364 e. The zero-order valence-electron chi connectivity index (χ0n) is 12.8. The highest BCUT2D eigenvalue weighted by molar-refractivity contribution is 7.89. The van der Waals surface area contributed by atoms with Crippen molar-refractivity contribution in [3.63, 3.8) is 0 Å². The number of primary amides is 1. The highest BCUT2D eigenvalue weighted by Crippen LogP contribution is 2.24. The van der Waals surface area contributed by atoms with Crippen molar-refractivity contribution in [2.75, 3.05) is 26.7 Å². The van der Waals surface area contributed by atoms with Crippen LogP contribution in [0.3, 0.4) is 0 Å². The Morgan fingerprint density at radius 2 is 2.18 bits per heavy atom. The zero-order chi connectivity index (χ0) is 15.6. The molecule has 2 rings (SSSR count). The molecule has 1 unspecified atom stereocenters. The Balaban J connectivity index is 0.00000242. The van der Waals surface area contributed by atoms with Gasteiger partial charge >= 0.3 is 0 Å². The molecule has 2 heterocycles. The van der Waals surface area contributed by atoms with Gasteiger partial charge in [-0.05, 0) is 38.4 Å². The summed E-state index contributed by atoms with van der Waals surface area (Å²) in [5.74, 6) is -0.316. The second-order valence-corrected chi connectivity index (χ2v) is 7.40. The number of carbonyl (C=O) groups excluding carboxylic acids is 1. The molecule has 0 radical (unpaired) electrons. The second-order valence-electron chi connectivity index (χ2n) is 5.47. The summed E-state index contributed by atoms with van der Waals surface area (Å²) in [5.41, 5.74) is 5.43. The van der Waals surface area contributed by atoms with E-state index in [1.807, 2.05) is 7.05 Å². The Hall–Kier alpha value is -1.09. The third-order valence-corrected chi connectivity index (χ3v) is 5.68. The summed E-state index contributed by atoms with van der Waals surface area (Å²) < 4.78 is 28.3. The van der Waals surface area contributed by atoms with Crippen LogP contribution < -0.4 is 11.1 Å². The van der Waals surface area contributed by atoms with E-state index in [2.05, 4.69) is 5.32 Å². The third-order valence-electron chi connectivity index (χ3n) is 3.84. The molecule has 1 aliphatic rings. The van der Waals surface area contributed by atoms with Crippen molar-refractivity contribution in [3.8, 4) is 0 Å². The summed E-state index contributed by atoms with van der Waals surface area (Å²) in [6, 6.07) is 1.35. The number of nitrogens with one attached hydrogen (secondary N) is 1. The number of hydrogen-bond acceptors (Lipinski definition) is 4. The molecule has 1 saturated heterocycles. The molecule has 1 aromatic rings. The molecule has 1 atom stereocenters. The highest BCUT2D eigenvalue weighted by atomic mass is 35.5. The number of halogens is 1. The van der Waals surface area contributed by atoms with Gasteiger partial charge in [-0.15, -0.1) is 12.4 Å². The number of carbonyl (C=O) groups is 1. The molecular formula is C13H23ClN4O3S.